The largest absolute Gasteiger partial charge is 0.497 e. The molecule has 0 bridgehead atoms. The summed E-state index contributed by atoms with van der Waals surface area (Å²) in [6.45, 7) is 6.80. The molecule has 0 saturated carbocycles. The van der Waals surface area contributed by atoms with Crippen LogP contribution < -0.4 is 10.1 Å². The number of hydrogen-bond acceptors (Lipinski definition) is 6. The Hall–Kier alpha value is -2.57. The lowest BCUT2D eigenvalue weighted by molar-refractivity contribution is -0.146. The molecule has 25 heavy (non-hydrogen) atoms. The molecule has 0 aliphatic heterocycles. The van der Waals surface area contributed by atoms with Gasteiger partial charge in [-0.1, -0.05) is 0 Å². The summed E-state index contributed by atoms with van der Waals surface area (Å²) in [5.74, 6) is -0.254. The van der Waals surface area contributed by atoms with Crippen molar-refractivity contribution in [1.29, 1.82) is 0 Å². The summed E-state index contributed by atoms with van der Waals surface area (Å²) in [5.41, 5.74) is -0.183. The maximum atomic E-state index is 12.2. The third-order valence-electron chi connectivity index (χ3n) is 3.05. The highest BCUT2D eigenvalue weighted by molar-refractivity contribution is 6.00. The maximum Gasteiger partial charge on any atom is 0.407 e. The average Bonchev–Trinajstić information content (AvgIpc) is 2.52. The van der Waals surface area contributed by atoms with Gasteiger partial charge in [0.1, 0.15) is 11.4 Å². The monoisotopic (exact) mass is 351 g/mol. The number of alkyl carbamates (subject to hydrolysis) is 1. The molecular weight excluding hydrogens is 326 g/mol. The molecule has 0 aliphatic carbocycles. The Labute approximate surface area is 147 Å². The number of nitrogens with one attached hydrogen (secondary N) is 1. The van der Waals surface area contributed by atoms with Crippen LogP contribution in [0.25, 0.3) is 0 Å². The van der Waals surface area contributed by atoms with E-state index in [0.717, 1.165) is 0 Å². The first-order valence-electron chi connectivity index (χ1n) is 7.97. The summed E-state index contributed by atoms with van der Waals surface area (Å²) in [5, 5.41) is 2.46. The Morgan fingerprint density at radius 1 is 1.12 bits per heavy atom. The maximum absolute atomic E-state index is 12.2. The zero-order valence-corrected chi connectivity index (χ0v) is 15.3. The van der Waals surface area contributed by atoms with Crippen molar-refractivity contribution in [1.82, 2.24) is 5.32 Å². The molecule has 1 N–H and O–H groups in total. The van der Waals surface area contributed by atoms with E-state index in [2.05, 4.69) is 5.32 Å². The molecular formula is C18H25NO6. The van der Waals surface area contributed by atoms with E-state index < -0.39 is 23.8 Å². The van der Waals surface area contributed by atoms with Crippen LogP contribution in [0, 0.1) is 0 Å². The number of carbonyl (C=O) groups excluding carboxylic acids is 3. The minimum absolute atomic E-state index is 0.0561. The SMILES string of the molecule is COc1ccc(C(=O)[C@H](C)OC(=O)CCNC(=O)OC(C)(C)C)cc1. The van der Waals surface area contributed by atoms with Crippen LogP contribution in [0.15, 0.2) is 24.3 Å². The van der Waals surface area contributed by atoms with E-state index in [9.17, 15) is 14.4 Å². The van der Waals surface area contributed by atoms with Gasteiger partial charge in [0.05, 0.1) is 13.5 Å². The highest BCUT2D eigenvalue weighted by atomic mass is 16.6. The molecule has 0 aliphatic rings. The van der Waals surface area contributed by atoms with Crippen molar-refractivity contribution in [2.24, 2.45) is 0 Å². The lowest BCUT2D eigenvalue weighted by atomic mass is 10.1. The second-order valence-corrected chi connectivity index (χ2v) is 6.40. The number of hydrogen-bond donors (Lipinski definition) is 1. The van der Waals surface area contributed by atoms with Crippen LogP contribution in [0.5, 0.6) is 5.75 Å². The van der Waals surface area contributed by atoms with Gasteiger partial charge < -0.3 is 19.5 Å². The van der Waals surface area contributed by atoms with Crippen LogP contribution in [0.3, 0.4) is 0 Å². The number of esters is 1. The zero-order chi connectivity index (χ0) is 19.0. The van der Waals surface area contributed by atoms with Crippen LogP contribution in [-0.2, 0) is 14.3 Å². The molecule has 1 amide bonds. The number of Topliss-reactive ketones (excluding diaryl/α,β-unsaturated/α-hetero) is 1. The zero-order valence-electron chi connectivity index (χ0n) is 15.3. The molecule has 1 aromatic carbocycles. The summed E-state index contributed by atoms with van der Waals surface area (Å²) in [4.78, 5) is 35.4. The number of rotatable bonds is 7. The van der Waals surface area contributed by atoms with Gasteiger partial charge in [0.2, 0.25) is 5.78 Å². The van der Waals surface area contributed by atoms with Gasteiger partial charge in [-0.3, -0.25) is 9.59 Å². The van der Waals surface area contributed by atoms with E-state index in [1.165, 1.54) is 14.0 Å². The Balaban J connectivity index is 2.40. The van der Waals surface area contributed by atoms with Crippen molar-refractivity contribution >= 4 is 17.8 Å². The van der Waals surface area contributed by atoms with Gasteiger partial charge in [-0.05, 0) is 52.0 Å². The normalized spacial score (nSPS) is 12.0. The lowest BCUT2D eigenvalue weighted by Gasteiger charge is -2.19. The average molecular weight is 351 g/mol. The molecule has 1 atom stereocenters. The Morgan fingerprint density at radius 2 is 1.72 bits per heavy atom. The van der Waals surface area contributed by atoms with E-state index in [-0.39, 0.29) is 18.7 Å². The van der Waals surface area contributed by atoms with Crippen molar-refractivity contribution < 1.29 is 28.6 Å². The van der Waals surface area contributed by atoms with Crippen molar-refractivity contribution in [3.05, 3.63) is 29.8 Å². The smallest absolute Gasteiger partial charge is 0.407 e. The number of ketones is 1. The third kappa shape index (κ3) is 7.69. The molecule has 138 valence electrons. The fourth-order valence-corrected chi connectivity index (χ4v) is 1.88. The topological polar surface area (TPSA) is 90.9 Å². The first-order valence-corrected chi connectivity index (χ1v) is 7.97. The second kappa shape index (κ2) is 9.05. The summed E-state index contributed by atoms with van der Waals surface area (Å²) in [6, 6.07) is 6.53. The van der Waals surface area contributed by atoms with Gasteiger partial charge >= 0.3 is 12.1 Å². The van der Waals surface area contributed by atoms with E-state index >= 15 is 0 Å². The van der Waals surface area contributed by atoms with Gasteiger partial charge in [0, 0.05) is 12.1 Å². The third-order valence-corrected chi connectivity index (χ3v) is 3.05. The number of carbonyl (C=O) groups is 3. The predicted octanol–water partition coefficient (Wildman–Crippen LogP) is 2.72. The van der Waals surface area contributed by atoms with Crippen molar-refractivity contribution in [2.45, 2.75) is 45.8 Å². The first-order chi connectivity index (χ1) is 11.6. The van der Waals surface area contributed by atoms with E-state index in [0.29, 0.717) is 11.3 Å². The molecule has 0 spiro atoms. The summed E-state index contributed by atoms with van der Waals surface area (Å²) < 4.78 is 15.2. The van der Waals surface area contributed by atoms with E-state index in [1.807, 2.05) is 0 Å². The standard InChI is InChI=1S/C18H25NO6/c1-12(16(21)13-6-8-14(23-5)9-7-13)24-15(20)10-11-19-17(22)25-18(2,3)4/h6-9,12H,10-11H2,1-5H3,(H,19,22)/t12-/m0/s1. The lowest BCUT2D eigenvalue weighted by Crippen LogP contribution is -2.34. The number of amides is 1. The quantitative estimate of drug-likeness (QED) is 0.600. The number of methoxy groups -OCH3 is 1. The highest BCUT2D eigenvalue weighted by Crippen LogP contribution is 2.14. The van der Waals surface area contributed by atoms with Gasteiger partial charge in [0.25, 0.3) is 0 Å². The fourth-order valence-electron chi connectivity index (χ4n) is 1.88. The minimum Gasteiger partial charge on any atom is -0.497 e. The van der Waals surface area contributed by atoms with Crippen LogP contribution in [0.1, 0.15) is 44.5 Å². The first kappa shape index (κ1) is 20.5. The van der Waals surface area contributed by atoms with Crippen molar-refractivity contribution in [3.63, 3.8) is 0 Å². The van der Waals surface area contributed by atoms with Gasteiger partial charge in [-0.15, -0.1) is 0 Å². The van der Waals surface area contributed by atoms with Gasteiger partial charge in [-0.25, -0.2) is 4.79 Å². The van der Waals surface area contributed by atoms with Crippen molar-refractivity contribution in [2.75, 3.05) is 13.7 Å². The summed E-state index contributed by atoms with van der Waals surface area (Å²) in [6.07, 6.45) is -1.58. The summed E-state index contributed by atoms with van der Waals surface area (Å²) in [7, 11) is 1.53. The van der Waals surface area contributed by atoms with Crippen LogP contribution in [0.4, 0.5) is 4.79 Å². The van der Waals surface area contributed by atoms with Crippen LogP contribution in [-0.4, -0.2) is 43.2 Å². The Bertz CT molecular complexity index is 603. The molecule has 1 aromatic rings. The Morgan fingerprint density at radius 3 is 2.24 bits per heavy atom. The molecule has 0 aromatic heterocycles. The van der Waals surface area contributed by atoms with Crippen LogP contribution >= 0.6 is 0 Å². The molecule has 7 nitrogen and oxygen atoms in total. The van der Waals surface area contributed by atoms with Crippen LogP contribution in [0.2, 0.25) is 0 Å². The molecule has 0 radical (unpaired) electrons. The van der Waals surface area contributed by atoms with Gasteiger partial charge in [-0.2, -0.15) is 0 Å². The molecule has 7 heteroatoms. The summed E-state index contributed by atoms with van der Waals surface area (Å²) >= 11 is 0. The fraction of sp³-hybridized carbons (Fsp3) is 0.500. The van der Waals surface area contributed by atoms with E-state index in [4.69, 9.17) is 14.2 Å². The molecule has 0 saturated heterocycles. The number of ether oxygens (including phenoxy) is 3. The second-order valence-electron chi connectivity index (χ2n) is 6.40. The Kier molecular flexibility index (Phi) is 7.42. The minimum atomic E-state index is -0.914. The number of benzene rings is 1. The highest BCUT2D eigenvalue weighted by Gasteiger charge is 2.20. The van der Waals surface area contributed by atoms with Gasteiger partial charge in [0.15, 0.2) is 6.10 Å². The molecule has 0 heterocycles. The predicted molar refractivity (Wildman–Crippen MR) is 91.7 cm³/mol. The van der Waals surface area contributed by atoms with Crippen molar-refractivity contribution in [3.8, 4) is 5.75 Å². The molecule has 0 fully saturated rings. The molecule has 0 unspecified atom stereocenters. The van der Waals surface area contributed by atoms with E-state index in [1.54, 1.807) is 45.0 Å². The molecule has 1 rings (SSSR count).